The molecule has 3 heteroatoms. The predicted octanol–water partition coefficient (Wildman–Crippen LogP) is 4.03. The van der Waals surface area contributed by atoms with Gasteiger partial charge in [-0.15, -0.1) is 0 Å². The van der Waals surface area contributed by atoms with E-state index >= 15 is 0 Å². The molecule has 2 nitrogen and oxygen atoms in total. The number of anilines is 2. The molecule has 0 fully saturated rings. The van der Waals surface area contributed by atoms with Gasteiger partial charge in [-0.2, -0.15) is 0 Å². The van der Waals surface area contributed by atoms with Crippen molar-refractivity contribution in [2.75, 3.05) is 17.2 Å². The summed E-state index contributed by atoms with van der Waals surface area (Å²) < 4.78 is 1.10. The molecule has 18 heavy (non-hydrogen) atoms. The summed E-state index contributed by atoms with van der Waals surface area (Å²) in [5.74, 6) is 0. The van der Waals surface area contributed by atoms with Crippen LogP contribution in [0.1, 0.15) is 11.1 Å². The van der Waals surface area contributed by atoms with Crippen molar-refractivity contribution in [3.8, 4) is 0 Å². The van der Waals surface area contributed by atoms with Gasteiger partial charge < -0.3 is 10.6 Å². The Morgan fingerprint density at radius 2 is 2.06 bits per heavy atom. The number of para-hydroxylation sites is 1. The van der Waals surface area contributed by atoms with Crippen LogP contribution in [-0.2, 0) is 13.0 Å². The molecule has 0 saturated heterocycles. The Labute approximate surface area is 116 Å². The zero-order chi connectivity index (χ0) is 12.4. The zero-order valence-electron chi connectivity index (χ0n) is 10.0. The molecule has 3 rings (SSSR count). The quantitative estimate of drug-likeness (QED) is 0.894. The first-order chi connectivity index (χ1) is 8.83. The highest BCUT2D eigenvalue weighted by atomic mass is 79.9. The number of benzene rings is 2. The molecule has 2 N–H and O–H groups in total. The van der Waals surface area contributed by atoms with E-state index in [9.17, 15) is 0 Å². The Hall–Kier alpha value is -1.48. The Kier molecular flexibility index (Phi) is 3.24. The highest BCUT2D eigenvalue weighted by Crippen LogP contribution is 2.27. The van der Waals surface area contributed by atoms with Crippen molar-refractivity contribution < 1.29 is 0 Å². The molecular formula is C15H15BrN2. The summed E-state index contributed by atoms with van der Waals surface area (Å²) in [6.07, 6.45) is 1.14. The number of nitrogens with one attached hydrogen (secondary N) is 2. The van der Waals surface area contributed by atoms with Crippen molar-refractivity contribution in [3.63, 3.8) is 0 Å². The van der Waals surface area contributed by atoms with Crippen LogP contribution in [0.5, 0.6) is 0 Å². The molecule has 0 unspecified atom stereocenters. The standard InChI is InChI=1S/C15H15BrN2/c16-13-5-2-6-14(9-13)18-10-12-4-1-3-11-7-8-17-15(11)12/h1-6,9,17-18H,7-8,10H2. The third-order valence-corrected chi connectivity index (χ3v) is 3.73. The molecule has 2 aromatic rings. The minimum absolute atomic E-state index is 0.854. The second-order valence-corrected chi connectivity index (χ2v) is 5.41. The SMILES string of the molecule is Brc1cccc(NCc2cccc3c2NCC3)c1. The highest BCUT2D eigenvalue weighted by Gasteiger charge is 2.12. The maximum absolute atomic E-state index is 3.49. The second-order valence-electron chi connectivity index (χ2n) is 4.49. The molecule has 0 aliphatic carbocycles. The summed E-state index contributed by atoms with van der Waals surface area (Å²) >= 11 is 3.49. The van der Waals surface area contributed by atoms with Gasteiger partial charge in [0.05, 0.1) is 0 Å². The monoisotopic (exact) mass is 302 g/mol. The summed E-state index contributed by atoms with van der Waals surface area (Å²) in [6.45, 7) is 1.91. The van der Waals surface area contributed by atoms with Crippen LogP contribution in [0.15, 0.2) is 46.9 Å². The fourth-order valence-electron chi connectivity index (χ4n) is 2.35. The van der Waals surface area contributed by atoms with Crippen LogP contribution >= 0.6 is 15.9 Å². The van der Waals surface area contributed by atoms with Crippen molar-refractivity contribution in [3.05, 3.63) is 58.1 Å². The fourth-order valence-corrected chi connectivity index (χ4v) is 2.75. The summed E-state index contributed by atoms with van der Waals surface area (Å²) in [5.41, 5.74) is 5.23. The lowest BCUT2D eigenvalue weighted by molar-refractivity contribution is 1.11. The van der Waals surface area contributed by atoms with E-state index in [1.807, 2.05) is 12.1 Å². The van der Waals surface area contributed by atoms with Gasteiger partial charge in [-0.05, 0) is 35.7 Å². The lowest BCUT2D eigenvalue weighted by Crippen LogP contribution is -2.02. The Balaban J connectivity index is 1.76. The van der Waals surface area contributed by atoms with Crippen LogP contribution in [0.25, 0.3) is 0 Å². The normalized spacial score (nSPS) is 12.9. The number of rotatable bonds is 3. The molecule has 1 aliphatic heterocycles. The smallest absolute Gasteiger partial charge is 0.0424 e. The molecule has 0 amide bonds. The van der Waals surface area contributed by atoms with Gasteiger partial charge in [-0.25, -0.2) is 0 Å². The minimum Gasteiger partial charge on any atom is -0.384 e. The third kappa shape index (κ3) is 2.36. The van der Waals surface area contributed by atoms with Crippen LogP contribution in [0, 0.1) is 0 Å². The van der Waals surface area contributed by atoms with E-state index < -0.39 is 0 Å². The van der Waals surface area contributed by atoms with Gasteiger partial charge in [0.15, 0.2) is 0 Å². The first-order valence-electron chi connectivity index (χ1n) is 6.17. The predicted molar refractivity (Wildman–Crippen MR) is 80.1 cm³/mol. The van der Waals surface area contributed by atoms with Gasteiger partial charge in [0, 0.05) is 28.9 Å². The number of fused-ring (bicyclic) bond motifs is 1. The Morgan fingerprint density at radius 3 is 2.94 bits per heavy atom. The molecule has 0 spiro atoms. The molecule has 1 aliphatic rings. The van der Waals surface area contributed by atoms with Crippen LogP contribution in [0.3, 0.4) is 0 Å². The lowest BCUT2D eigenvalue weighted by Gasteiger charge is -2.11. The molecular weight excluding hydrogens is 288 g/mol. The van der Waals surface area contributed by atoms with Crippen molar-refractivity contribution in [1.82, 2.24) is 0 Å². The van der Waals surface area contributed by atoms with E-state index in [2.05, 4.69) is 56.9 Å². The van der Waals surface area contributed by atoms with Gasteiger partial charge in [-0.1, -0.05) is 40.2 Å². The summed E-state index contributed by atoms with van der Waals surface area (Å²) in [7, 11) is 0. The number of hydrogen-bond acceptors (Lipinski definition) is 2. The Morgan fingerprint density at radius 1 is 1.17 bits per heavy atom. The molecule has 0 aromatic heterocycles. The van der Waals surface area contributed by atoms with E-state index in [1.165, 1.54) is 16.8 Å². The van der Waals surface area contributed by atoms with Crippen molar-refractivity contribution in [2.45, 2.75) is 13.0 Å². The van der Waals surface area contributed by atoms with Gasteiger partial charge in [0.2, 0.25) is 0 Å². The van der Waals surface area contributed by atoms with E-state index in [0.29, 0.717) is 0 Å². The largest absolute Gasteiger partial charge is 0.384 e. The van der Waals surface area contributed by atoms with E-state index in [4.69, 9.17) is 0 Å². The summed E-state index contributed by atoms with van der Waals surface area (Å²) in [6, 6.07) is 14.8. The molecule has 1 heterocycles. The van der Waals surface area contributed by atoms with Gasteiger partial charge in [0.25, 0.3) is 0 Å². The van der Waals surface area contributed by atoms with E-state index in [-0.39, 0.29) is 0 Å². The van der Waals surface area contributed by atoms with Gasteiger partial charge >= 0.3 is 0 Å². The van der Waals surface area contributed by atoms with Crippen molar-refractivity contribution in [1.29, 1.82) is 0 Å². The maximum atomic E-state index is 3.49. The van der Waals surface area contributed by atoms with Crippen LogP contribution in [0.4, 0.5) is 11.4 Å². The molecule has 0 bridgehead atoms. The maximum Gasteiger partial charge on any atom is 0.0424 e. The number of halogens is 1. The average molecular weight is 303 g/mol. The van der Waals surface area contributed by atoms with Crippen LogP contribution < -0.4 is 10.6 Å². The molecule has 0 atom stereocenters. The fraction of sp³-hybridized carbons (Fsp3) is 0.200. The second kappa shape index (κ2) is 5.02. The third-order valence-electron chi connectivity index (χ3n) is 3.24. The minimum atomic E-state index is 0.854. The first kappa shape index (κ1) is 11.6. The van der Waals surface area contributed by atoms with Crippen molar-refractivity contribution >= 4 is 27.3 Å². The zero-order valence-corrected chi connectivity index (χ0v) is 11.6. The number of hydrogen-bond donors (Lipinski definition) is 2. The Bertz CT molecular complexity index is 566. The summed E-state index contributed by atoms with van der Waals surface area (Å²) in [5, 5.41) is 6.93. The van der Waals surface area contributed by atoms with E-state index in [1.54, 1.807) is 0 Å². The van der Waals surface area contributed by atoms with Gasteiger partial charge in [0.1, 0.15) is 0 Å². The highest BCUT2D eigenvalue weighted by molar-refractivity contribution is 9.10. The van der Waals surface area contributed by atoms with Crippen LogP contribution in [0.2, 0.25) is 0 Å². The van der Waals surface area contributed by atoms with Gasteiger partial charge in [-0.3, -0.25) is 0 Å². The molecule has 0 saturated carbocycles. The van der Waals surface area contributed by atoms with Crippen LogP contribution in [-0.4, -0.2) is 6.54 Å². The summed E-state index contributed by atoms with van der Waals surface area (Å²) in [4.78, 5) is 0. The average Bonchev–Trinajstić information content (AvgIpc) is 2.85. The molecule has 2 aromatic carbocycles. The van der Waals surface area contributed by atoms with E-state index in [0.717, 1.165) is 29.7 Å². The topological polar surface area (TPSA) is 24.1 Å². The lowest BCUT2D eigenvalue weighted by atomic mass is 10.1. The molecule has 92 valence electrons. The molecule has 0 radical (unpaired) electrons. The first-order valence-corrected chi connectivity index (χ1v) is 6.96. The van der Waals surface area contributed by atoms with Crippen molar-refractivity contribution in [2.24, 2.45) is 0 Å².